The van der Waals surface area contributed by atoms with Crippen LogP contribution in [-0.4, -0.2) is 0 Å². The normalized spacial score (nSPS) is 9.50. The van der Waals surface area contributed by atoms with Crippen molar-refractivity contribution in [3.8, 4) is 0 Å². The molecule has 0 aliphatic carbocycles. The van der Waals surface area contributed by atoms with Crippen LogP contribution < -0.4 is 11.3 Å². The molecule has 0 radical (unpaired) electrons. The lowest BCUT2D eigenvalue weighted by atomic mass is 10.2. The van der Waals surface area contributed by atoms with Gasteiger partial charge in [-0.2, -0.15) is 0 Å². The Bertz CT molecular complexity index is 235. The largest absolute Gasteiger partial charge is 0.324 e. The third kappa shape index (κ3) is 1.60. The summed E-state index contributed by atoms with van der Waals surface area (Å²) in [4.78, 5) is 0. The van der Waals surface area contributed by atoms with Crippen LogP contribution in [0.3, 0.4) is 0 Å². The van der Waals surface area contributed by atoms with E-state index in [0.29, 0.717) is 0 Å². The molecule has 10 heavy (non-hydrogen) atoms. The van der Waals surface area contributed by atoms with Gasteiger partial charge in [-0.15, -0.1) is 0 Å². The van der Waals surface area contributed by atoms with E-state index in [-0.39, 0.29) is 0 Å². The Hall–Kier alpha value is -0.290. The zero-order valence-corrected chi connectivity index (χ0v) is 7.84. The molecule has 3 heteroatoms. The molecule has 0 saturated carbocycles. The number of nitrogen functional groups attached to an aromatic ring is 1. The molecule has 0 saturated heterocycles. The second-order valence-corrected chi connectivity index (χ2v) is 3.35. The van der Waals surface area contributed by atoms with Gasteiger partial charge in [-0.1, -0.05) is 6.07 Å². The zero-order valence-electron chi connectivity index (χ0n) is 5.69. The highest BCUT2D eigenvalue weighted by molar-refractivity contribution is 14.1. The number of aryl methyl sites for hydroxylation is 1. The van der Waals surface area contributed by atoms with Gasteiger partial charge in [-0.05, 0) is 47.2 Å². The number of rotatable bonds is 1. The first-order chi connectivity index (χ1) is 4.74. The van der Waals surface area contributed by atoms with Crippen molar-refractivity contribution < 1.29 is 0 Å². The van der Waals surface area contributed by atoms with E-state index in [9.17, 15) is 0 Å². The molecular weight excluding hydrogens is 239 g/mol. The van der Waals surface area contributed by atoms with Gasteiger partial charge in [0.05, 0.1) is 5.69 Å². The van der Waals surface area contributed by atoms with Crippen LogP contribution in [-0.2, 0) is 0 Å². The third-order valence-electron chi connectivity index (χ3n) is 1.36. The maximum absolute atomic E-state index is 5.27. The molecule has 1 rings (SSSR count). The number of hydrazine groups is 1. The minimum Gasteiger partial charge on any atom is -0.324 e. The topological polar surface area (TPSA) is 38.0 Å². The van der Waals surface area contributed by atoms with Gasteiger partial charge >= 0.3 is 0 Å². The molecule has 0 bridgehead atoms. The summed E-state index contributed by atoms with van der Waals surface area (Å²) < 4.78 is 1.19. The van der Waals surface area contributed by atoms with E-state index in [4.69, 9.17) is 5.84 Å². The monoisotopic (exact) mass is 248 g/mol. The average molecular weight is 248 g/mol. The fourth-order valence-corrected chi connectivity index (χ4v) is 1.24. The van der Waals surface area contributed by atoms with Crippen LogP contribution in [0.5, 0.6) is 0 Å². The summed E-state index contributed by atoms with van der Waals surface area (Å²) in [6.07, 6.45) is 0. The van der Waals surface area contributed by atoms with Gasteiger partial charge in [0, 0.05) is 3.57 Å². The summed E-state index contributed by atoms with van der Waals surface area (Å²) in [6, 6.07) is 6.10. The number of nitrogens with two attached hydrogens (primary N) is 1. The number of anilines is 1. The molecule has 0 aliphatic heterocycles. The van der Waals surface area contributed by atoms with Gasteiger partial charge in [-0.25, -0.2) is 0 Å². The van der Waals surface area contributed by atoms with E-state index in [0.717, 1.165) is 5.69 Å². The van der Waals surface area contributed by atoms with Gasteiger partial charge in [-0.3, -0.25) is 5.84 Å². The number of hydrogen-bond acceptors (Lipinski definition) is 2. The van der Waals surface area contributed by atoms with Gasteiger partial charge in [0.15, 0.2) is 0 Å². The van der Waals surface area contributed by atoms with Crippen LogP contribution in [0.25, 0.3) is 0 Å². The van der Waals surface area contributed by atoms with Crippen molar-refractivity contribution in [3.05, 3.63) is 27.3 Å². The number of halogens is 1. The van der Waals surface area contributed by atoms with Crippen molar-refractivity contribution in [1.29, 1.82) is 0 Å². The Morgan fingerprint density at radius 3 is 2.70 bits per heavy atom. The average Bonchev–Trinajstić information content (AvgIpc) is 1.94. The maximum atomic E-state index is 5.27. The summed E-state index contributed by atoms with van der Waals surface area (Å²) in [6.45, 7) is 2.02. The predicted molar refractivity (Wildman–Crippen MR) is 51.7 cm³/mol. The Balaban J connectivity index is 3.09. The van der Waals surface area contributed by atoms with Crippen molar-refractivity contribution in [1.82, 2.24) is 0 Å². The fraction of sp³-hybridized carbons (Fsp3) is 0.143. The van der Waals surface area contributed by atoms with E-state index < -0.39 is 0 Å². The summed E-state index contributed by atoms with van der Waals surface area (Å²) in [5, 5.41) is 0. The lowest BCUT2D eigenvalue weighted by molar-refractivity contribution is 1.30. The number of hydrogen-bond donors (Lipinski definition) is 2. The molecule has 0 amide bonds. The van der Waals surface area contributed by atoms with Crippen molar-refractivity contribution in [2.75, 3.05) is 5.43 Å². The zero-order chi connectivity index (χ0) is 7.56. The first-order valence-electron chi connectivity index (χ1n) is 2.97. The lowest BCUT2D eigenvalue weighted by Gasteiger charge is -2.03. The Morgan fingerprint density at radius 1 is 1.50 bits per heavy atom. The van der Waals surface area contributed by atoms with E-state index in [1.807, 2.05) is 19.1 Å². The Morgan fingerprint density at radius 2 is 2.20 bits per heavy atom. The second kappa shape index (κ2) is 3.21. The van der Waals surface area contributed by atoms with Crippen LogP contribution in [0.2, 0.25) is 0 Å². The van der Waals surface area contributed by atoms with E-state index in [1.54, 1.807) is 0 Å². The molecule has 0 aromatic heterocycles. The Labute approximate surface area is 73.9 Å². The highest BCUT2D eigenvalue weighted by atomic mass is 127. The minimum atomic E-state index is 0.993. The quantitative estimate of drug-likeness (QED) is 0.452. The van der Waals surface area contributed by atoms with Crippen LogP contribution >= 0.6 is 22.6 Å². The molecule has 0 heterocycles. The van der Waals surface area contributed by atoms with E-state index in [1.165, 1.54) is 9.13 Å². The maximum Gasteiger partial charge on any atom is 0.0524 e. The molecule has 0 spiro atoms. The van der Waals surface area contributed by atoms with Crippen LogP contribution in [0.15, 0.2) is 18.2 Å². The standard InChI is InChI=1S/C7H9IN2/c1-5-2-3-6(8)4-7(5)10-9/h2-4,10H,9H2,1H3. The van der Waals surface area contributed by atoms with Crippen LogP contribution in [0.4, 0.5) is 5.69 Å². The smallest absolute Gasteiger partial charge is 0.0524 e. The lowest BCUT2D eigenvalue weighted by Crippen LogP contribution is -2.08. The summed E-state index contributed by atoms with van der Waals surface area (Å²) in [5.74, 6) is 5.27. The van der Waals surface area contributed by atoms with E-state index >= 15 is 0 Å². The molecule has 0 atom stereocenters. The second-order valence-electron chi connectivity index (χ2n) is 2.10. The van der Waals surface area contributed by atoms with Gasteiger partial charge in [0.2, 0.25) is 0 Å². The highest BCUT2D eigenvalue weighted by Crippen LogP contribution is 2.16. The SMILES string of the molecule is Cc1ccc(I)cc1NN. The molecular formula is C7H9IN2. The van der Waals surface area contributed by atoms with Gasteiger partial charge in [0.1, 0.15) is 0 Å². The van der Waals surface area contributed by atoms with Crippen molar-refractivity contribution in [2.45, 2.75) is 6.92 Å². The molecule has 1 aromatic carbocycles. The Kier molecular flexibility index (Phi) is 2.50. The van der Waals surface area contributed by atoms with Crippen molar-refractivity contribution in [3.63, 3.8) is 0 Å². The molecule has 1 aromatic rings. The highest BCUT2D eigenvalue weighted by Gasteiger charge is 1.94. The van der Waals surface area contributed by atoms with Crippen molar-refractivity contribution in [2.24, 2.45) is 5.84 Å². The molecule has 2 nitrogen and oxygen atoms in total. The third-order valence-corrected chi connectivity index (χ3v) is 2.03. The van der Waals surface area contributed by atoms with E-state index in [2.05, 4.69) is 34.1 Å². The van der Waals surface area contributed by atoms with Crippen molar-refractivity contribution >= 4 is 28.3 Å². The molecule has 3 N–H and O–H groups in total. The summed E-state index contributed by atoms with van der Waals surface area (Å²) in [5.41, 5.74) is 4.79. The van der Waals surface area contributed by atoms with Gasteiger partial charge < -0.3 is 5.43 Å². The predicted octanol–water partition coefficient (Wildman–Crippen LogP) is 1.89. The molecule has 0 unspecified atom stereocenters. The first-order valence-corrected chi connectivity index (χ1v) is 4.04. The number of benzene rings is 1. The number of nitrogens with one attached hydrogen (secondary N) is 1. The fourth-order valence-electron chi connectivity index (χ4n) is 0.750. The summed E-state index contributed by atoms with van der Waals surface area (Å²) in [7, 11) is 0. The summed E-state index contributed by atoms with van der Waals surface area (Å²) >= 11 is 2.25. The molecule has 0 aliphatic rings. The first kappa shape index (κ1) is 7.81. The molecule has 0 fully saturated rings. The molecule has 54 valence electrons. The van der Waals surface area contributed by atoms with Gasteiger partial charge in [0.25, 0.3) is 0 Å². The van der Waals surface area contributed by atoms with Crippen LogP contribution in [0.1, 0.15) is 5.56 Å². The van der Waals surface area contributed by atoms with Crippen LogP contribution in [0, 0.1) is 10.5 Å². The minimum absolute atomic E-state index is 0.993.